The number of rotatable bonds is 7. The lowest BCUT2D eigenvalue weighted by Gasteiger charge is -2.36. The first kappa shape index (κ1) is 29.1. The summed E-state index contributed by atoms with van der Waals surface area (Å²) in [6.45, 7) is 2.04. The van der Waals surface area contributed by atoms with Crippen LogP contribution in [0.25, 0.3) is 11.3 Å². The third-order valence-corrected chi connectivity index (χ3v) is 7.76. The summed E-state index contributed by atoms with van der Waals surface area (Å²) in [6, 6.07) is 10.4. The quantitative estimate of drug-likeness (QED) is 0.407. The third kappa shape index (κ3) is 5.97. The van der Waals surface area contributed by atoms with Crippen molar-refractivity contribution in [1.82, 2.24) is 10.3 Å². The Labute approximate surface area is 227 Å². The van der Waals surface area contributed by atoms with Crippen molar-refractivity contribution < 1.29 is 45.4 Å². The van der Waals surface area contributed by atoms with Crippen molar-refractivity contribution in [2.75, 3.05) is 24.5 Å². The minimum Gasteiger partial charge on any atom is -0.494 e. The monoisotopic (exact) mass is 583 g/mol. The van der Waals surface area contributed by atoms with Gasteiger partial charge in [-0.15, -0.1) is 0 Å². The van der Waals surface area contributed by atoms with E-state index >= 15 is 0 Å². The van der Waals surface area contributed by atoms with Gasteiger partial charge in [-0.05, 0) is 56.3 Å². The van der Waals surface area contributed by atoms with Gasteiger partial charge >= 0.3 is 6.18 Å². The van der Waals surface area contributed by atoms with Gasteiger partial charge in [-0.25, -0.2) is 17.8 Å². The molecule has 4 rings (SSSR count). The summed E-state index contributed by atoms with van der Waals surface area (Å²) in [5.74, 6) is -1.76. The van der Waals surface area contributed by atoms with Gasteiger partial charge in [0.25, 0.3) is 15.9 Å². The van der Waals surface area contributed by atoms with E-state index in [0.29, 0.717) is 0 Å². The van der Waals surface area contributed by atoms with Crippen molar-refractivity contribution in [3.63, 3.8) is 0 Å². The van der Waals surface area contributed by atoms with Crippen molar-refractivity contribution in [3.05, 3.63) is 66.1 Å². The number of carbonyl (C=O) groups excluding carboxylic acids is 1. The molecule has 1 aliphatic rings. The van der Waals surface area contributed by atoms with Crippen molar-refractivity contribution in [3.8, 4) is 22.8 Å². The molecule has 1 aromatic heterocycles. The van der Waals surface area contributed by atoms with Gasteiger partial charge in [-0.1, -0.05) is 6.07 Å². The molecular weight excluding hydrogens is 558 g/mol. The molecule has 0 spiro atoms. The molecule has 40 heavy (non-hydrogen) atoms. The SMILES string of the molecule is COc1cc(S(=O)(=O)N2C[C@H](CNC(=O)C(C)(C)O)Oc3ccc(-c4cccc(C(F)(F)F)n4)cc32)ccc1F. The Morgan fingerprint density at radius 2 is 1.90 bits per heavy atom. The Hall–Kier alpha value is -3.91. The van der Waals surface area contributed by atoms with E-state index in [0.717, 1.165) is 28.6 Å². The zero-order chi connectivity index (χ0) is 29.5. The molecule has 0 radical (unpaired) electrons. The van der Waals surface area contributed by atoms with E-state index in [1.807, 2.05) is 0 Å². The molecule has 214 valence electrons. The molecule has 2 aromatic carbocycles. The number of sulfonamides is 1. The van der Waals surface area contributed by atoms with Crippen LogP contribution in [0.15, 0.2) is 59.5 Å². The standard InChI is InChI=1S/C26H25F4N3O6S/c1-25(2,35)24(34)31-13-16-14-33(40(36,37)17-8-9-18(27)22(12-17)38-3)20-11-15(7-10-21(20)39-16)19-5-4-6-23(32-19)26(28,29)30/h4-12,16,35H,13-14H2,1-3H3,(H,31,34)/t16-/m0/s1. The molecule has 0 fully saturated rings. The molecule has 3 aromatic rings. The first-order valence-electron chi connectivity index (χ1n) is 11.8. The van der Waals surface area contributed by atoms with Crippen LogP contribution in [0.1, 0.15) is 19.5 Å². The number of fused-ring (bicyclic) bond motifs is 1. The van der Waals surface area contributed by atoms with E-state index in [9.17, 15) is 35.9 Å². The number of pyridine rings is 1. The second-order valence-corrected chi connectivity index (χ2v) is 11.3. The van der Waals surface area contributed by atoms with E-state index in [1.165, 1.54) is 51.3 Å². The van der Waals surface area contributed by atoms with Crippen molar-refractivity contribution in [1.29, 1.82) is 0 Å². The highest BCUT2D eigenvalue weighted by molar-refractivity contribution is 7.92. The van der Waals surface area contributed by atoms with Gasteiger partial charge in [0.15, 0.2) is 11.6 Å². The first-order chi connectivity index (χ1) is 18.6. The zero-order valence-electron chi connectivity index (χ0n) is 21.5. The minimum atomic E-state index is -4.69. The average molecular weight is 584 g/mol. The molecule has 0 saturated carbocycles. The number of hydrogen-bond acceptors (Lipinski definition) is 7. The smallest absolute Gasteiger partial charge is 0.433 e. The van der Waals surface area contributed by atoms with Crippen LogP contribution in [0.5, 0.6) is 11.5 Å². The molecule has 14 heteroatoms. The van der Waals surface area contributed by atoms with E-state index in [4.69, 9.17) is 9.47 Å². The summed E-state index contributed by atoms with van der Waals surface area (Å²) in [5.41, 5.74) is -2.71. The van der Waals surface area contributed by atoms with Gasteiger partial charge in [0.05, 0.1) is 36.5 Å². The Morgan fingerprint density at radius 3 is 2.55 bits per heavy atom. The number of anilines is 1. The molecule has 1 aliphatic heterocycles. The highest BCUT2D eigenvalue weighted by atomic mass is 32.2. The van der Waals surface area contributed by atoms with Crippen molar-refractivity contribution in [2.24, 2.45) is 0 Å². The maximum absolute atomic E-state index is 14.0. The largest absolute Gasteiger partial charge is 0.494 e. The molecule has 1 atom stereocenters. The predicted molar refractivity (Wildman–Crippen MR) is 136 cm³/mol. The van der Waals surface area contributed by atoms with Gasteiger partial charge in [0.1, 0.15) is 23.1 Å². The third-order valence-electron chi connectivity index (χ3n) is 5.98. The van der Waals surface area contributed by atoms with Crippen molar-refractivity contribution >= 4 is 21.6 Å². The first-order valence-corrected chi connectivity index (χ1v) is 13.3. The summed E-state index contributed by atoms with van der Waals surface area (Å²) >= 11 is 0. The minimum absolute atomic E-state index is 0.00920. The number of benzene rings is 2. The number of nitrogens with zero attached hydrogens (tertiary/aromatic N) is 2. The van der Waals surface area contributed by atoms with Crippen LogP contribution in [0, 0.1) is 5.82 Å². The molecule has 2 heterocycles. The topological polar surface area (TPSA) is 118 Å². The molecule has 2 N–H and O–H groups in total. The Bertz CT molecular complexity index is 1540. The van der Waals surface area contributed by atoms with Crippen LogP contribution >= 0.6 is 0 Å². The fourth-order valence-electron chi connectivity index (χ4n) is 3.91. The molecule has 0 saturated heterocycles. The highest BCUT2D eigenvalue weighted by Crippen LogP contribution is 2.40. The predicted octanol–water partition coefficient (Wildman–Crippen LogP) is 3.76. The van der Waals surface area contributed by atoms with Gasteiger partial charge in [-0.3, -0.25) is 9.10 Å². The van der Waals surface area contributed by atoms with E-state index in [2.05, 4.69) is 10.3 Å². The second kappa shape index (κ2) is 10.6. The number of methoxy groups -OCH3 is 1. The lowest BCUT2D eigenvalue weighted by atomic mass is 10.1. The number of aliphatic hydroxyl groups is 1. The number of alkyl halides is 3. The van der Waals surface area contributed by atoms with Crippen LogP contribution in [-0.2, 0) is 21.0 Å². The Morgan fingerprint density at radius 1 is 1.18 bits per heavy atom. The normalized spacial score (nSPS) is 15.7. The van der Waals surface area contributed by atoms with Gasteiger partial charge in [-0.2, -0.15) is 13.2 Å². The number of halogens is 4. The number of carbonyl (C=O) groups is 1. The molecular formula is C26H25F4N3O6S. The summed E-state index contributed by atoms with van der Waals surface area (Å²) < 4.78 is 93.2. The van der Waals surface area contributed by atoms with Gasteiger partial charge in [0.2, 0.25) is 0 Å². The number of amides is 1. The number of hydrogen-bond donors (Lipinski definition) is 2. The van der Waals surface area contributed by atoms with Gasteiger partial charge < -0.3 is 19.9 Å². The fourth-order valence-corrected chi connectivity index (χ4v) is 5.42. The summed E-state index contributed by atoms with van der Waals surface area (Å²) in [7, 11) is -3.24. The summed E-state index contributed by atoms with van der Waals surface area (Å²) in [5, 5.41) is 12.4. The Kier molecular flexibility index (Phi) is 7.69. The van der Waals surface area contributed by atoms with E-state index in [-0.39, 0.29) is 46.4 Å². The maximum Gasteiger partial charge on any atom is 0.433 e. The Balaban J connectivity index is 1.78. The lowest BCUT2D eigenvalue weighted by molar-refractivity contribution is -0.141. The lowest BCUT2D eigenvalue weighted by Crippen LogP contribution is -2.51. The van der Waals surface area contributed by atoms with E-state index < -0.39 is 45.3 Å². The number of ether oxygens (including phenoxy) is 2. The molecule has 0 aliphatic carbocycles. The fraction of sp³-hybridized carbons (Fsp3) is 0.308. The van der Waals surface area contributed by atoms with Crippen LogP contribution in [0.3, 0.4) is 0 Å². The molecule has 0 unspecified atom stereocenters. The number of aromatic nitrogens is 1. The molecule has 9 nitrogen and oxygen atoms in total. The maximum atomic E-state index is 14.0. The average Bonchev–Trinajstić information content (AvgIpc) is 2.90. The highest BCUT2D eigenvalue weighted by Gasteiger charge is 2.37. The van der Waals surface area contributed by atoms with Gasteiger partial charge in [0, 0.05) is 11.6 Å². The van der Waals surface area contributed by atoms with Crippen LogP contribution in [0.2, 0.25) is 0 Å². The van der Waals surface area contributed by atoms with Crippen LogP contribution < -0.4 is 19.1 Å². The zero-order valence-corrected chi connectivity index (χ0v) is 22.3. The summed E-state index contributed by atoms with van der Waals surface area (Å²) in [6.07, 6.45) is -5.61. The van der Waals surface area contributed by atoms with Crippen LogP contribution in [0.4, 0.5) is 23.2 Å². The summed E-state index contributed by atoms with van der Waals surface area (Å²) in [4.78, 5) is 15.5. The second-order valence-electron chi connectivity index (χ2n) is 9.43. The van der Waals surface area contributed by atoms with E-state index in [1.54, 1.807) is 0 Å². The van der Waals surface area contributed by atoms with Crippen LogP contribution in [-0.4, -0.2) is 56.3 Å². The molecule has 0 bridgehead atoms. The molecule has 1 amide bonds. The number of nitrogens with one attached hydrogen (secondary N) is 1. The van der Waals surface area contributed by atoms with Crippen molar-refractivity contribution in [2.45, 2.75) is 36.6 Å².